The smallest absolute Gasteiger partial charge is 0.261 e. The summed E-state index contributed by atoms with van der Waals surface area (Å²) >= 11 is 6.32. The van der Waals surface area contributed by atoms with Crippen LogP contribution in [0.3, 0.4) is 0 Å². The van der Waals surface area contributed by atoms with Crippen LogP contribution in [0, 0.1) is 0 Å². The number of para-hydroxylation sites is 1. The van der Waals surface area contributed by atoms with Crippen molar-refractivity contribution in [2.45, 2.75) is 65.6 Å². The third-order valence-corrected chi connectivity index (χ3v) is 5.31. The van der Waals surface area contributed by atoms with E-state index in [4.69, 9.17) is 16.3 Å². The lowest BCUT2D eigenvalue weighted by Gasteiger charge is -2.30. The minimum absolute atomic E-state index is 0.0258. The zero-order valence-electron chi connectivity index (χ0n) is 19.2. The molecule has 2 rings (SSSR count). The molecule has 0 heterocycles. The van der Waals surface area contributed by atoms with Crippen LogP contribution in [0.1, 0.15) is 52.7 Å². The highest BCUT2D eigenvalue weighted by molar-refractivity contribution is 6.31. The van der Waals surface area contributed by atoms with Crippen LogP contribution in [0.25, 0.3) is 0 Å². The number of hydrogen-bond acceptors (Lipinski definition) is 3. The number of benzene rings is 2. The molecule has 0 aliphatic carbocycles. The molecule has 0 saturated heterocycles. The normalized spacial score (nSPS) is 12.4. The zero-order valence-corrected chi connectivity index (χ0v) is 20.0. The summed E-state index contributed by atoms with van der Waals surface area (Å²) in [6.07, 6.45) is 0. The van der Waals surface area contributed by atoms with Crippen LogP contribution >= 0.6 is 11.6 Å². The number of carbonyl (C=O) groups excluding carboxylic acids is 2. The van der Waals surface area contributed by atoms with E-state index in [1.807, 2.05) is 56.3 Å². The summed E-state index contributed by atoms with van der Waals surface area (Å²) in [5.41, 5.74) is 1.67. The van der Waals surface area contributed by atoms with Gasteiger partial charge < -0.3 is 15.0 Å². The fourth-order valence-corrected chi connectivity index (χ4v) is 3.43. The third-order valence-electron chi connectivity index (χ3n) is 4.94. The van der Waals surface area contributed by atoms with Crippen molar-refractivity contribution in [3.05, 3.63) is 64.7 Å². The Kier molecular flexibility index (Phi) is 8.52. The summed E-state index contributed by atoms with van der Waals surface area (Å²) in [5.74, 6) is 0.167. The van der Waals surface area contributed by atoms with Crippen LogP contribution in [-0.4, -0.2) is 35.4 Å². The second kappa shape index (κ2) is 10.7. The molecule has 0 aliphatic heterocycles. The van der Waals surface area contributed by atoms with Gasteiger partial charge in [0.15, 0.2) is 6.61 Å². The lowest BCUT2D eigenvalue weighted by molar-refractivity contribution is -0.142. The van der Waals surface area contributed by atoms with Gasteiger partial charge in [-0.1, -0.05) is 68.8 Å². The van der Waals surface area contributed by atoms with Gasteiger partial charge >= 0.3 is 0 Å². The van der Waals surface area contributed by atoms with E-state index in [-0.39, 0.29) is 36.4 Å². The summed E-state index contributed by atoms with van der Waals surface area (Å²) < 4.78 is 5.93. The number of hydrogen-bond donors (Lipinski definition) is 1. The summed E-state index contributed by atoms with van der Waals surface area (Å²) in [5, 5.41) is 3.43. The maximum Gasteiger partial charge on any atom is 0.261 e. The maximum atomic E-state index is 13.2. The fourth-order valence-electron chi connectivity index (χ4n) is 3.23. The standard InChI is InChI=1S/C25H33ClN2O3/c1-17(2)27-24(30)18(3)28(15-19-11-7-9-13-21(19)26)23(29)16-31-22-14-10-8-12-20(22)25(4,5)6/h7-14,17-18H,15-16H2,1-6H3,(H,27,30)/t18-/m0/s1. The summed E-state index contributed by atoms with van der Waals surface area (Å²) in [6, 6.07) is 14.3. The van der Waals surface area contributed by atoms with Crippen molar-refractivity contribution >= 4 is 23.4 Å². The Labute approximate surface area is 190 Å². The molecule has 168 valence electrons. The van der Waals surface area contributed by atoms with Gasteiger partial charge in [-0.3, -0.25) is 9.59 Å². The number of carbonyl (C=O) groups is 2. The number of ether oxygens (including phenoxy) is 1. The van der Waals surface area contributed by atoms with Crippen LogP contribution in [-0.2, 0) is 21.5 Å². The Hall–Kier alpha value is -2.53. The first-order valence-corrected chi connectivity index (χ1v) is 10.9. The Morgan fingerprint density at radius 3 is 2.26 bits per heavy atom. The number of nitrogens with one attached hydrogen (secondary N) is 1. The number of amides is 2. The Morgan fingerprint density at radius 2 is 1.65 bits per heavy atom. The van der Waals surface area contributed by atoms with Gasteiger partial charge in [-0.15, -0.1) is 0 Å². The van der Waals surface area contributed by atoms with E-state index < -0.39 is 6.04 Å². The first kappa shape index (κ1) is 24.7. The van der Waals surface area contributed by atoms with Crippen molar-refractivity contribution in [3.63, 3.8) is 0 Å². The molecule has 0 fully saturated rings. The molecule has 2 amide bonds. The van der Waals surface area contributed by atoms with Gasteiger partial charge in [0.2, 0.25) is 5.91 Å². The van der Waals surface area contributed by atoms with E-state index in [9.17, 15) is 9.59 Å². The van der Waals surface area contributed by atoms with E-state index in [2.05, 4.69) is 26.1 Å². The Balaban J connectivity index is 2.24. The second-order valence-electron chi connectivity index (χ2n) is 8.99. The monoisotopic (exact) mass is 444 g/mol. The van der Waals surface area contributed by atoms with Gasteiger partial charge in [-0.25, -0.2) is 0 Å². The molecular weight excluding hydrogens is 412 g/mol. The highest BCUT2D eigenvalue weighted by atomic mass is 35.5. The number of halogens is 1. The number of rotatable bonds is 8. The van der Waals surface area contributed by atoms with Crippen molar-refractivity contribution in [1.29, 1.82) is 0 Å². The molecular formula is C25H33ClN2O3. The van der Waals surface area contributed by atoms with Crippen molar-refractivity contribution in [2.24, 2.45) is 0 Å². The second-order valence-corrected chi connectivity index (χ2v) is 9.39. The van der Waals surface area contributed by atoms with Crippen LogP contribution in [0.15, 0.2) is 48.5 Å². The van der Waals surface area contributed by atoms with Gasteiger partial charge in [0.1, 0.15) is 11.8 Å². The summed E-state index contributed by atoms with van der Waals surface area (Å²) in [6.45, 7) is 11.8. The molecule has 0 aromatic heterocycles. The Bertz CT molecular complexity index is 906. The highest BCUT2D eigenvalue weighted by Gasteiger charge is 2.28. The SMILES string of the molecule is CC(C)NC(=O)[C@H](C)N(Cc1ccccc1Cl)C(=O)COc1ccccc1C(C)(C)C. The molecule has 31 heavy (non-hydrogen) atoms. The fraction of sp³-hybridized carbons (Fsp3) is 0.440. The Morgan fingerprint density at radius 1 is 1.03 bits per heavy atom. The average Bonchev–Trinajstić information content (AvgIpc) is 2.70. The van der Waals surface area contributed by atoms with Crippen LogP contribution < -0.4 is 10.1 Å². The molecule has 2 aromatic rings. The van der Waals surface area contributed by atoms with Crippen molar-refractivity contribution in [2.75, 3.05) is 6.61 Å². The molecule has 0 unspecified atom stereocenters. The first-order valence-electron chi connectivity index (χ1n) is 10.6. The van der Waals surface area contributed by atoms with Crippen LogP contribution in [0.2, 0.25) is 5.02 Å². The predicted octanol–water partition coefficient (Wildman–Crippen LogP) is 4.96. The van der Waals surface area contributed by atoms with Crippen molar-refractivity contribution < 1.29 is 14.3 Å². The quantitative estimate of drug-likeness (QED) is 0.626. The molecule has 2 aromatic carbocycles. The molecule has 1 atom stereocenters. The summed E-state index contributed by atoms with van der Waals surface area (Å²) in [4.78, 5) is 27.4. The van der Waals surface area contributed by atoms with Gasteiger partial charge in [-0.2, -0.15) is 0 Å². The van der Waals surface area contributed by atoms with E-state index in [0.717, 1.165) is 11.1 Å². The van der Waals surface area contributed by atoms with Crippen LogP contribution in [0.4, 0.5) is 0 Å². The van der Waals surface area contributed by atoms with Gasteiger partial charge in [0.05, 0.1) is 0 Å². The molecule has 0 bridgehead atoms. The van der Waals surface area contributed by atoms with E-state index in [1.165, 1.54) is 4.90 Å². The molecule has 0 aliphatic rings. The largest absolute Gasteiger partial charge is 0.483 e. The maximum absolute atomic E-state index is 13.2. The molecule has 6 heteroatoms. The lowest BCUT2D eigenvalue weighted by atomic mass is 9.86. The van der Waals surface area contributed by atoms with Gasteiger partial charge in [0, 0.05) is 17.6 Å². The van der Waals surface area contributed by atoms with Crippen LogP contribution in [0.5, 0.6) is 5.75 Å². The predicted molar refractivity (Wildman–Crippen MR) is 125 cm³/mol. The topological polar surface area (TPSA) is 58.6 Å². The minimum atomic E-state index is -0.673. The summed E-state index contributed by atoms with van der Waals surface area (Å²) in [7, 11) is 0. The molecule has 5 nitrogen and oxygen atoms in total. The van der Waals surface area contributed by atoms with Gasteiger partial charge in [0.25, 0.3) is 5.91 Å². The molecule has 0 radical (unpaired) electrons. The third kappa shape index (κ3) is 7.00. The van der Waals surface area contributed by atoms with Crippen molar-refractivity contribution in [1.82, 2.24) is 10.2 Å². The molecule has 0 saturated carbocycles. The zero-order chi connectivity index (χ0) is 23.2. The van der Waals surface area contributed by atoms with E-state index in [0.29, 0.717) is 10.8 Å². The van der Waals surface area contributed by atoms with Crippen molar-refractivity contribution in [3.8, 4) is 5.75 Å². The minimum Gasteiger partial charge on any atom is -0.483 e. The lowest BCUT2D eigenvalue weighted by Crippen LogP contribution is -2.50. The van der Waals surface area contributed by atoms with Gasteiger partial charge in [-0.05, 0) is 49.4 Å². The number of nitrogens with zero attached hydrogens (tertiary/aromatic N) is 1. The first-order chi connectivity index (χ1) is 14.5. The van der Waals surface area contributed by atoms with E-state index >= 15 is 0 Å². The molecule has 0 spiro atoms. The van der Waals surface area contributed by atoms with E-state index in [1.54, 1.807) is 13.0 Å². The highest BCUT2D eigenvalue weighted by Crippen LogP contribution is 2.31. The average molecular weight is 445 g/mol. The molecule has 1 N–H and O–H groups in total.